The third kappa shape index (κ3) is 12.6. The summed E-state index contributed by atoms with van der Waals surface area (Å²) >= 11 is 0. The Labute approximate surface area is 186 Å². The molecule has 6 nitrogen and oxygen atoms in total. The van der Waals surface area contributed by atoms with Gasteiger partial charge in [-0.2, -0.15) is 0 Å². The van der Waals surface area contributed by atoms with Gasteiger partial charge in [0.25, 0.3) is 0 Å². The molecule has 0 bridgehead atoms. The van der Waals surface area contributed by atoms with Crippen LogP contribution in [0.5, 0.6) is 0 Å². The number of nitrogens with two attached hydrogens (primary N) is 3. The van der Waals surface area contributed by atoms with Crippen molar-refractivity contribution in [2.45, 2.75) is 117 Å². The van der Waals surface area contributed by atoms with Gasteiger partial charge in [0, 0.05) is 17.6 Å². The van der Waals surface area contributed by atoms with Crippen molar-refractivity contribution in [1.29, 1.82) is 0 Å². The van der Waals surface area contributed by atoms with E-state index in [4.69, 9.17) is 31.4 Å². The molecule has 182 valence electrons. The number of rotatable bonds is 16. The van der Waals surface area contributed by atoms with E-state index in [1.54, 1.807) is 0 Å². The predicted molar refractivity (Wildman–Crippen MR) is 128 cm³/mol. The lowest BCUT2D eigenvalue weighted by molar-refractivity contribution is -0.117. The molecule has 6 heteroatoms. The maximum absolute atomic E-state index is 6.39. The maximum atomic E-state index is 6.39. The highest BCUT2D eigenvalue weighted by Gasteiger charge is 2.41. The second-order valence-electron chi connectivity index (χ2n) is 11.5. The van der Waals surface area contributed by atoms with Gasteiger partial charge in [0.15, 0.2) is 0 Å². The summed E-state index contributed by atoms with van der Waals surface area (Å²) < 4.78 is 18.6. The fraction of sp³-hybridized carbons (Fsp3) is 1.00. The Balaban J connectivity index is 5.42. The lowest BCUT2D eigenvalue weighted by Crippen LogP contribution is -2.46. The van der Waals surface area contributed by atoms with Crippen LogP contribution in [-0.2, 0) is 14.2 Å². The van der Waals surface area contributed by atoms with Gasteiger partial charge < -0.3 is 31.4 Å². The molecule has 0 fully saturated rings. The summed E-state index contributed by atoms with van der Waals surface area (Å²) in [5.74, 6) is 0.257. The van der Waals surface area contributed by atoms with Gasteiger partial charge in [0.2, 0.25) is 0 Å². The normalized spacial score (nSPS) is 18.7. The summed E-state index contributed by atoms with van der Waals surface area (Å²) in [4.78, 5) is 0. The van der Waals surface area contributed by atoms with E-state index < -0.39 is 0 Å². The molecule has 0 amide bonds. The van der Waals surface area contributed by atoms with E-state index >= 15 is 0 Å². The first kappa shape index (κ1) is 29.8. The van der Waals surface area contributed by atoms with Gasteiger partial charge in [-0.05, 0) is 86.0 Å². The van der Waals surface area contributed by atoms with Crippen LogP contribution in [0.15, 0.2) is 0 Å². The van der Waals surface area contributed by atoms with Crippen LogP contribution < -0.4 is 17.2 Å². The van der Waals surface area contributed by atoms with Crippen molar-refractivity contribution < 1.29 is 14.2 Å². The lowest BCUT2D eigenvalue weighted by atomic mass is 9.70. The van der Waals surface area contributed by atoms with Crippen molar-refractivity contribution in [2.75, 3.05) is 26.4 Å². The molecule has 0 aromatic rings. The maximum Gasteiger partial charge on any atom is 0.0633 e. The molecule has 0 saturated carbocycles. The molecule has 0 rings (SSSR count). The highest BCUT2D eigenvalue weighted by molar-refractivity contribution is 4.92. The molecule has 6 N–H and O–H groups in total. The third-order valence-corrected chi connectivity index (χ3v) is 5.87. The van der Waals surface area contributed by atoms with Gasteiger partial charge in [-0.15, -0.1) is 0 Å². The number of hydrogen-bond donors (Lipinski definition) is 3. The molecule has 0 radical (unpaired) electrons. The predicted octanol–water partition coefficient (Wildman–Crippen LogP) is 3.84. The van der Waals surface area contributed by atoms with Crippen LogP contribution in [-0.4, -0.2) is 55.3 Å². The van der Waals surface area contributed by atoms with Crippen LogP contribution in [0.1, 0.15) is 88.5 Å². The Kier molecular flexibility index (Phi) is 12.0. The average Bonchev–Trinajstić information content (AvgIpc) is 2.56. The first-order valence-electron chi connectivity index (χ1n) is 11.6. The van der Waals surface area contributed by atoms with E-state index in [0.29, 0.717) is 26.4 Å². The molecular formula is C24H53N3O3. The standard InChI is InChI=1S/C24H53N3O3/c1-11-24(17-28-13-19(3)25,16-22(7,8)30-14-20(4)26)15-21(5,6)29-12-18(2)23(9,10)27/h18-20H,11-17,25-27H2,1-10H3. The van der Waals surface area contributed by atoms with Crippen molar-refractivity contribution in [3.8, 4) is 0 Å². The molecule has 0 heterocycles. The second kappa shape index (κ2) is 12.1. The van der Waals surface area contributed by atoms with Gasteiger partial charge in [-0.3, -0.25) is 0 Å². The number of ether oxygens (including phenoxy) is 3. The molecular weight excluding hydrogens is 378 g/mol. The lowest BCUT2D eigenvalue weighted by Gasteiger charge is -2.44. The average molecular weight is 432 g/mol. The van der Waals surface area contributed by atoms with Crippen molar-refractivity contribution in [1.82, 2.24) is 0 Å². The third-order valence-electron chi connectivity index (χ3n) is 5.87. The van der Waals surface area contributed by atoms with Crippen molar-refractivity contribution in [3.05, 3.63) is 0 Å². The SMILES string of the molecule is CCC(COCC(C)N)(CC(C)(C)OCC(C)N)CC(C)(C)OCC(C)C(C)(C)N. The largest absolute Gasteiger partial charge is 0.379 e. The smallest absolute Gasteiger partial charge is 0.0633 e. The van der Waals surface area contributed by atoms with E-state index in [9.17, 15) is 0 Å². The van der Waals surface area contributed by atoms with Crippen molar-refractivity contribution in [2.24, 2.45) is 28.5 Å². The van der Waals surface area contributed by atoms with Gasteiger partial charge >= 0.3 is 0 Å². The van der Waals surface area contributed by atoms with Gasteiger partial charge in [0.05, 0.1) is 37.6 Å². The summed E-state index contributed by atoms with van der Waals surface area (Å²) in [7, 11) is 0. The highest BCUT2D eigenvalue weighted by Crippen LogP contribution is 2.42. The van der Waals surface area contributed by atoms with Crippen LogP contribution >= 0.6 is 0 Å². The summed E-state index contributed by atoms with van der Waals surface area (Å²) in [5.41, 5.74) is 17.1. The summed E-state index contributed by atoms with van der Waals surface area (Å²) in [5, 5.41) is 0. The molecule has 4 unspecified atom stereocenters. The molecule has 0 saturated heterocycles. The molecule has 0 aromatic carbocycles. The summed E-state index contributed by atoms with van der Waals surface area (Å²) in [6.07, 6.45) is 2.67. The van der Waals surface area contributed by atoms with E-state index in [0.717, 1.165) is 19.3 Å². The minimum atomic E-state index is -0.316. The van der Waals surface area contributed by atoms with Crippen LogP contribution in [0.25, 0.3) is 0 Å². The molecule has 0 spiro atoms. The van der Waals surface area contributed by atoms with E-state index in [1.807, 2.05) is 27.7 Å². The molecule has 0 aromatic heterocycles. The first-order chi connectivity index (χ1) is 13.4. The van der Waals surface area contributed by atoms with Crippen LogP contribution in [0.2, 0.25) is 0 Å². The monoisotopic (exact) mass is 431 g/mol. The minimum Gasteiger partial charge on any atom is -0.379 e. The summed E-state index contributed by atoms with van der Waals surface area (Å²) in [6.45, 7) is 23.3. The fourth-order valence-electron chi connectivity index (χ4n) is 3.81. The van der Waals surface area contributed by atoms with Crippen LogP contribution in [0.3, 0.4) is 0 Å². The highest BCUT2D eigenvalue weighted by atomic mass is 16.5. The Morgan fingerprint density at radius 3 is 1.53 bits per heavy atom. The van der Waals surface area contributed by atoms with Gasteiger partial charge in [-0.25, -0.2) is 0 Å². The molecule has 30 heavy (non-hydrogen) atoms. The molecule has 0 aliphatic carbocycles. The zero-order valence-corrected chi connectivity index (χ0v) is 21.6. The zero-order valence-electron chi connectivity index (χ0n) is 21.6. The van der Waals surface area contributed by atoms with Gasteiger partial charge in [0.1, 0.15) is 0 Å². The molecule has 0 aliphatic rings. The first-order valence-corrected chi connectivity index (χ1v) is 11.6. The van der Waals surface area contributed by atoms with Crippen molar-refractivity contribution >= 4 is 0 Å². The topological polar surface area (TPSA) is 106 Å². The van der Waals surface area contributed by atoms with Crippen LogP contribution in [0, 0.1) is 11.3 Å². The second-order valence-corrected chi connectivity index (χ2v) is 11.5. The Hall–Kier alpha value is -0.240. The van der Waals surface area contributed by atoms with Crippen LogP contribution in [0.4, 0.5) is 0 Å². The van der Waals surface area contributed by atoms with E-state index in [-0.39, 0.29) is 40.2 Å². The van der Waals surface area contributed by atoms with Gasteiger partial charge in [-0.1, -0.05) is 13.8 Å². The zero-order chi connectivity index (χ0) is 23.8. The quantitative estimate of drug-likeness (QED) is 0.343. The van der Waals surface area contributed by atoms with E-state index in [1.165, 1.54) is 0 Å². The minimum absolute atomic E-state index is 0.00974. The van der Waals surface area contributed by atoms with Crippen molar-refractivity contribution in [3.63, 3.8) is 0 Å². The molecule has 4 atom stereocenters. The fourth-order valence-corrected chi connectivity index (χ4v) is 3.81. The Morgan fingerprint density at radius 1 is 0.733 bits per heavy atom. The Bertz CT molecular complexity index is 473. The van der Waals surface area contributed by atoms with E-state index in [2.05, 4.69) is 41.5 Å². The Morgan fingerprint density at radius 2 is 1.17 bits per heavy atom. The number of hydrogen-bond acceptors (Lipinski definition) is 6. The molecule has 0 aliphatic heterocycles. The summed E-state index contributed by atoms with van der Waals surface area (Å²) in [6, 6.07) is 0.0225.